The lowest BCUT2D eigenvalue weighted by Crippen LogP contribution is -2.39. The Labute approximate surface area is 174 Å². The molecule has 0 spiro atoms. The smallest absolute Gasteiger partial charge is 0.411 e. The van der Waals surface area contributed by atoms with E-state index in [-0.39, 0.29) is 12.5 Å². The predicted octanol–water partition coefficient (Wildman–Crippen LogP) is 3.41. The number of hydrogen-bond acceptors (Lipinski definition) is 7. The maximum Gasteiger partial charge on any atom is 0.411 e. The van der Waals surface area contributed by atoms with Gasteiger partial charge in [-0.3, -0.25) is 5.32 Å². The third kappa shape index (κ3) is 5.20. The number of nitrogens with one attached hydrogen (secondary N) is 1. The normalized spacial score (nSPS) is 15.7. The minimum Gasteiger partial charge on any atom is -0.497 e. The number of methoxy groups -OCH3 is 2. The lowest BCUT2D eigenvalue weighted by Gasteiger charge is -2.30. The van der Waals surface area contributed by atoms with Crippen molar-refractivity contribution in [3.05, 3.63) is 35.7 Å². The fraction of sp³-hybridized carbons (Fsp3) is 0.421. The van der Waals surface area contributed by atoms with Gasteiger partial charge in [0.25, 0.3) is 10.0 Å². The molecule has 1 amide bonds. The number of carbonyl (C=O) groups excluding carboxylic acids is 1. The Hall–Kier alpha value is -2.30. The molecule has 2 heterocycles. The highest BCUT2D eigenvalue weighted by atomic mass is 32.2. The van der Waals surface area contributed by atoms with Gasteiger partial charge in [0.15, 0.2) is 0 Å². The van der Waals surface area contributed by atoms with Crippen LogP contribution in [0.1, 0.15) is 12.8 Å². The number of piperidine rings is 1. The van der Waals surface area contributed by atoms with Gasteiger partial charge in [-0.15, -0.1) is 11.3 Å². The van der Waals surface area contributed by atoms with E-state index in [2.05, 4.69) is 5.32 Å². The molecule has 158 valence electrons. The summed E-state index contributed by atoms with van der Waals surface area (Å²) in [5.74, 6) is 1.20. The van der Waals surface area contributed by atoms with Crippen molar-refractivity contribution >= 4 is 33.1 Å². The number of carbonyl (C=O) groups is 1. The van der Waals surface area contributed by atoms with Crippen molar-refractivity contribution in [3.8, 4) is 11.5 Å². The van der Waals surface area contributed by atoms with E-state index in [0.717, 1.165) is 0 Å². The monoisotopic (exact) mass is 440 g/mol. The fourth-order valence-electron chi connectivity index (χ4n) is 3.10. The summed E-state index contributed by atoms with van der Waals surface area (Å²) < 4.78 is 42.7. The van der Waals surface area contributed by atoms with Gasteiger partial charge in [-0.05, 0) is 42.3 Å². The highest BCUT2D eigenvalue weighted by molar-refractivity contribution is 7.91. The van der Waals surface area contributed by atoms with Crippen molar-refractivity contribution in [2.24, 2.45) is 5.92 Å². The zero-order valence-electron chi connectivity index (χ0n) is 16.3. The topological polar surface area (TPSA) is 94.2 Å². The van der Waals surface area contributed by atoms with Crippen LogP contribution in [0.25, 0.3) is 0 Å². The minimum absolute atomic E-state index is 0.119. The van der Waals surface area contributed by atoms with Gasteiger partial charge < -0.3 is 14.2 Å². The number of anilines is 1. The largest absolute Gasteiger partial charge is 0.497 e. The molecule has 1 aliphatic heterocycles. The first-order valence-electron chi connectivity index (χ1n) is 9.13. The van der Waals surface area contributed by atoms with Crippen LogP contribution in [0.3, 0.4) is 0 Å². The highest BCUT2D eigenvalue weighted by Crippen LogP contribution is 2.29. The van der Waals surface area contributed by atoms with Crippen LogP contribution in [0.2, 0.25) is 0 Å². The number of rotatable bonds is 7. The van der Waals surface area contributed by atoms with Crippen molar-refractivity contribution < 1.29 is 27.4 Å². The van der Waals surface area contributed by atoms with Crippen LogP contribution >= 0.6 is 11.3 Å². The van der Waals surface area contributed by atoms with E-state index in [9.17, 15) is 13.2 Å². The number of ether oxygens (including phenoxy) is 3. The van der Waals surface area contributed by atoms with Gasteiger partial charge in [-0.2, -0.15) is 4.31 Å². The lowest BCUT2D eigenvalue weighted by molar-refractivity contribution is 0.121. The molecule has 1 aliphatic rings. The molecular formula is C19H24N2O6S2. The van der Waals surface area contributed by atoms with Crippen LogP contribution < -0.4 is 14.8 Å². The van der Waals surface area contributed by atoms with E-state index in [1.807, 2.05) is 0 Å². The van der Waals surface area contributed by atoms with Crippen LogP contribution in [0.4, 0.5) is 10.5 Å². The Morgan fingerprint density at radius 3 is 2.59 bits per heavy atom. The summed E-state index contributed by atoms with van der Waals surface area (Å²) in [6.07, 6.45) is 0.704. The fourth-order valence-corrected chi connectivity index (χ4v) is 5.71. The quantitative estimate of drug-likeness (QED) is 0.709. The van der Waals surface area contributed by atoms with E-state index in [1.54, 1.807) is 42.8 Å². The molecule has 10 heteroatoms. The summed E-state index contributed by atoms with van der Waals surface area (Å²) in [5, 5.41) is 4.41. The molecule has 0 aliphatic carbocycles. The van der Waals surface area contributed by atoms with Gasteiger partial charge in [0.05, 0.1) is 26.5 Å². The second-order valence-corrected chi connectivity index (χ2v) is 9.68. The number of amides is 1. The molecule has 0 bridgehead atoms. The zero-order valence-corrected chi connectivity index (χ0v) is 17.9. The summed E-state index contributed by atoms with van der Waals surface area (Å²) in [5.41, 5.74) is 0.482. The molecule has 1 aromatic heterocycles. The predicted molar refractivity (Wildman–Crippen MR) is 110 cm³/mol. The molecule has 1 saturated heterocycles. The summed E-state index contributed by atoms with van der Waals surface area (Å²) in [4.78, 5) is 12.1. The Morgan fingerprint density at radius 2 is 1.97 bits per heavy atom. The molecule has 0 radical (unpaired) electrons. The van der Waals surface area contributed by atoms with E-state index in [0.29, 0.717) is 47.3 Å². The summed E-state index contributed by atoms with van der Waals surface area (Å²) >= 11 is 1.22. The van der Waals surface area contributed by atoms with Gasteiger partial charge in [-0.25, -0.2) is 13.2 Å². The number of thiophene rings is 1. The van der Waals surface area contributed by atoms with Gasteiger partial charge >= 0.3 is 6.09 Å². The van der Waals surface area contributed by atoms with Crippen LogP contribution in [-0.2, 0) is 14.8 Å². The second kappa shape index (κ2) is 9.47. The van der Waals surface area contributed by atoms with E-state index >= 15 is 0 Å². The number of hydrogen-bond donors (Lipinski definition) is 1. The number of nitrogens with zero attached hydrogens (tertiary/aromatic N) is 1. The SMILES string of the molecule is COc1ccc(NC(=O)OCC2CCN(S(=O)(=O)c3cccs3)CC2)c(OC)c1. The van der Waals surface area contributed by atoms with Gasteiger partial charge in [0, 0.05) is 19.2 Å². The summed E-state index contributed by atoms with van der Waals surface area (Å²) in [7, 11) is -0.368. The number of sulfonamides is 1. The van der Waals surface area contributed by atoms with Crippen molar-refractivity contribution in [1.82, 2.24) is 4.31 Å². The Bertz CT molecular complexity index is 922. The van der Waals surface area contributed by atoms with Crippen LogP contribution in [0.5, 0.6) is 11.5 Å². The molecule has 1 aromatic carbocycles. The average Bonchev–Trinajstić information content (AvgIpc) is 3.29. The van der Waals surface area contributed by atoms with Crippen molar-refractivity contribution in [1.29, 1.82) is 0 Å². The molecule has 29 heavy (non-hydrogen) atoms. The molecule has 1 N–H and O–H groups in total. The molecule has 3 rings (SSSR count). The van der Waals surface area contributed by atoms with E-state index in [4.69, 9.17) is 14.2 Å². The van der Waals surface area contributed by atoms with Crippen LogP contribution in [-0.4, -0.2) is 52.7 Å². The zero-order chi connectivity index (χ0) is 20.9. The van der Waals surface area contributed by atoms with E-state index < -0.39 is 16.1 Å². The number of benzene rings is 1. The van der Waals surface area contributed by atoms with Crippen LogP contribution in [0, 0.1) is 5.92 Å². The standard InChI is InChI=1S/C19H24N2O6S2/c1-25-15-5-6-16(17(12-15)26-2)20-19(22)27-13-14-7-9-21(10-8-14)29(23,24)18-4-3-11-28-18/h3-6,11-12,14H,7-10,13H2,1-2H3,(H,20,22). The molecule has 0 atom stereocenters. The molecule has 1 fully saturated rings. The molecule has 0 saturated carbocycles. The summed E-state index contributed by atoms with van der Waals surface area (Å²) in [6, 6.07) is 8.40. The van der Waals surface area contributed by atoms with Gasteiger partial charge in [0.2, 0.25) is 0 Å². The lowest BCUT2D eigenvalue weighted by atomic mass is 9.99. The highest BCUT2D eigenvalue weighted by Gasteiger charge is 2.30. The van der Waals surface area contributed by atoms with E-state index in [1.165, 1.54) is 22.8 Å². The molecular weight excluding hydrogens is 416 g/mol. The van der Waals surface area contributed by atoms with Crippen LogP contribution in [0.15, 0.2) is 39.9 Å². The molecule has 2 aromatic rings. The van der Waals surface area contributed by atoms with Gasteiger partial charge in [-0.1, -0.05) is 6.07 Å². The first-order valence-corrected chi connectivity index (χ1v) is 11.5. The average molecular weight is 441 g/mol. The first kappa shape index (κ1) is 21.4. The molecule has 0 unspecified atom stereocenters. The maximum atomic E-state index is 12.6. The van der Waals surface area contributed by atoms with Crippen molar-refractivity contribution in [3.63, 3.8) is 0 Å². The third-order valence-corrected chi connectivity index (χ3v) is 8.03. The Balaban J connectivity index is 1.48. The van der Waals surface area contributed by atoms with Gasteiger partial charge in [0.1, 0.15) is 15.7 Å². The second-order valence-electron chi connectivity index (χ2n) is 6.57. The maximum absolute atomic E-state index is 12.6. The van der Waals surface area contributed by atoms with Crippen molar-refractivity contribution in [2.75, 3.05) is 39.2 Å². The Kier molecular flexibility index (Phi) is 6.99. The Morgan fingerprint density at radius 1 is 1.21 bits per heavy atom. The third-order valence-electron chi connectivity index (χ3n) is 4.76. The first-order chi connectivity index (χ1) is 13.9. The molecule has 8 nitrogen and oxygen atoms in total. The van der Waals surface area contributed by atoms with Crippen molar-refractivity contribution in [2.45, 2.75) is 17.1 Å². The minimum atomic E-state index is -3.42. The summed E-state index contributed by atoms with van der Waals surface area (Å²) in [6.45, 7) is 1.07.